The molecule has 146 valence electrons. The molecule has 7 heteroatoms. The van der Waals surface area contributed by atoms with Crippen LogP contribution < -0.4 is 0 Å². The van der Waals surface area contributed by atoms with Crippen LogP contribution in [0.2, 0.25) is 0 Å². The Hall–Kier alpha value is -0.680. The van der Waals surface area contributed by atoms with Crippen molar-refractivity contribution in [3.63, 3.8) is 0 Å². The van der Waals surface area contributed by atoms with Gasteiger partial charge in [0.25, 0.3) is 0 Å². The summed E-state index contributed by atoms with van der Waals surface area (Å²) >= 11 is 0. The van der Waals surface area contributed by atoms with Crippen LogP contribution in [0.4, 0.5) is 0 Å². The average molecular weight is 375 g/mol. The fraction of sp³-hybridized carbons (Fsp3) is 0.833. The standard InChI is InChI=1S/C18H34NO5P/c1-6-10-14(4)11-9-12-17(20)18-13-16(19-24-18)15(5)25(21,22-7-2)23-8-3/h6,10,14-15,17-18,20H,7-9,11-13H2,1-5H3/b10-6-/t14-,15?,17-,18-/m1/s1. The van der Waals surface area contributed by atoms with E-state index in [0.717, 1.165) is 12.8 Å². The van der Waals surface area contributed by atoms with Crippen molar-refractivity contribution < 1.29 is 23.6 Å². The summed E-state index contributed by atoms with van der Waals surface area (Å²) in [5.41, 5.74) is 0.163. The molecule has 0 aliphatic carbocycles. The molecule has 1 aliphatic rings. The predicted octanol–water partition coefficient (Wildman–Crippen LogP) is 4.53. The first-order valence-corrected chi connectivity index (χ1v) is 10.9. The smallest absolute Gasteiger partial charge is 0.339 e. The van der Waals surface area contributed by atoms with Gasteiger partial charge < -0.3 is 19.0 Å². The molecule has 4 atom stereocenters. The van der Waals surface area contributed by atoms with Crippen LogP contribution in [-0.2, 0) is 18.5 Å². The van der Waals surface area contributed by atoms with Gasteiger partial charge in [-0.2, -0.15) is 0 Å². The first kappa shape index (κ1) is 22.4. The Morgan fingerprint density at radius 2 is 1.96 bits per heavy atom. The molecule has 0 saturated heterocycles. The summed E-state index contributed by atoms with van der Waals surface area (Å²) in [6.07, 6.45) is 6.33. The van der Waals surface area contributed by atoms with Crippen molar-refractivity contribution in [2.75, 3.05) is 13.2 Å². The highest BCUT2D eigenvalue weighted by molar-refractivity contribution is 7.55. The first-order chi connectivity index (χ1) is 11.9. The Kier molecular flexibility index (Phi) is 9.95. The predicted molar refractivity (Wildman–Crippen MR) is 101 cm³/mol. The van der Waals surface area contributed by atoms with Crippen molar-refractivity contribution in [3.8, 4) is 0 Å². The van der Waals surface area contributed by atoms with E-state index in [1.807, 2.05) is 6.92 Å². The minimum Gasteiger partial charge on any atom is -0.389 e. The van der Waals surface area contributed by atoms with Gasteiger partial charge in [0.05, 0.1) is 25.0 Å². The summed E-state index contributed by atoms with van der Waals surface area (Å²) in [6.45, 7) is 10.2. The number of oxime groups is 1. The van der Waals surface area contributed by atoms with Crippen LogP contribution >= 0.6 is 7.60 Å². The number of aliphatic hydroxyl groups excluding tert-OH is 1. The normalized spacial score (nSPS) is 21.8. The molecule has 0 fully saturated rings. The lowest BCUT2D eigenvalue weighted by atomic mass is 9.98. The molecule has 0 aromatic rings. The first-order valence-electron chi connectivity index (χ1n) is 9.30. The third-order valence-corrected chi connectivity index (χ3v) is 6.88. The van der Waals surface area contributed by atoms with Crippen molar-refractivity contribution in [3.05, 3.63) is 12.2 Å². The van der Waals surface area contributed by atoms with Crippen LogP contribution in [0, 0.1) is 5.92 Å². The van der Waals surface area contributed by atoms with Crippen LogP contribution in [0.25, 0.3) is 0 Å². The molecule has 6 nitrogen and oxygen atoms in total. The quantitative estimate of drug-likeness (QED) is 0.401. The summed E-state index contributed by atoms with van der Waals surface area (Å²) in [6, 6.07) is 0. The Morgan fingerprint density at radius 3 is 2.52 bits per heavy atom. The Morgan fingerprint density at radius 1 is 1.32 bits per heavy atom. The van der Waals surface area contributed by atoms with Crippen molar-refractivity contribution in [1.29, 1.82) is 0 Å². The van der Waals surface area contributed by atoms with Crippen molar-refractivity contribution in [2.45, 2.75) is 78.2 Å². The Bertz CT molecular complexity index is 484. The van der Waals surface area contributed by atoms with Gasteiger partial charge in [-0.15, -0.1) is 0 Å². The number of allylic oxidation sites excluding steroid dienone is 2. The summed E-state index contributed by atoms with van der Waals surface area (Å²) in [5.74, 6) is 0.511. The molecule has 0 amide bonds. The van der Waals surface area contributed by atoms with Gasteiger partial charge >= 0.3 is 7.60 Å². The van der Waals surface area contributed by atoms with Crippen LogP contribution in [0.3, 0.4) is 0 Å². The van der Waals surface area contributed by atoms with Gasteiger partial charge in [-0.05, 0) is 46.5 Å². The van der Waals surface area contributed by atoms with Crippen LogP contribution in [0.1, 0.15) is 60.3 Å². The van der Waals surface area contributed by atoms with Crippen LogP contribution in [-0.4, -0.2) is 41.9 Å². The SMILES string of the molecule is C/C=C\[C@@H](C)CCC[C@@H](O)[C@H]1CC(C(C)P(=O)(OCC)OCC)=NO1. The van der Waals surface area contributed by atoms with Gasteiger partial charge in [0.15, 0.2) is 6.10 Å². The molecule has 0 aromatic heterocycles. The van der Waals surface area contributed by atoms with Gasteiger partial charge in [-0.1, -0.05) is 30.7 Å². The summed E-state index contributed by atoms with van der Waals surface area (Å²) < 4.78 is 23.6. The van der Waals surface area contributed by atoms with Gasteiger partial charge in [0, 0.05) is 6.42 Å². The van der Waals surface area contributed by atoms with E-state index in [-0.39, 0.29) is 6.10 Å². The summed E-state index contributed by atoms with van der Waals surface area (Å²) in [7, 11) is -3.26. The largest absolute Gasteiger partial charge is 0.389 e. The number of nitrogens with zero attached hydrogens (tertiary/aromatic N) is 1. The molecule has 1 unspecified atom stereocenters. The molecular formula is C18H34NO5P. The zero-order valence-corrected chi connectivity index (χ0v) is 17.1. The van der Waals surface area contributed by atoms with Gasteiger partial charge in [-0.25, -0.2) is 0 Å². The maximum Gasteiger partial charge on any atom is 0.339 e. The molecule has 25 heavy (non-hydrogen) atoms. The molecule has 0 saturated carbocycles. The van der Waals surface area contributed by atoms with Gasteiger partial charge in [-0.3, -0.25) is 4.57 Å². The fourth-order valence-electron chi connectivity index (χ4n) is 2.93. The molecule has 0 spiro atoms. The molecule has 1 rings (SSSR count). The summed E-state index contributed by atoms with van der Waals surface area (Å²) in [4.78, 5) is 5.40. The molecule has 0 radical (unpaired) electrons. The lowest BCUT2D eigenvalue weighted by Gasteiger charge is -2.23. The van der Waals surface area contributed by atoms with E-state index >= 15 is 0 Å². The second kappa shape index (κ2) is 11.1. The zero-order chi connectivity index (χ0) is 18.9. The van der Waals surface area contributed by atoms with E-state index in [2.05, 4.69) is 24.2 Å². The monoisotopic (exact) mass is 375 g/mol. The topological polar surface area (TPSA) is 77.4 Å². The maximum absolute atomic E-state index is 12.8. The Labute approximate surface area is 152 Å². The minimum atomic E-state index is -3.26. The van der Waals surface area contributed by atoms with Crippen molar-refractivity contribution in [1.82, 2.24) is 0 Å². The minimum absolute atomic E-state index is 0.312. The van der Waals surface area contributed by atoms with Gasteiger partial charge in [0.2, 0.25) is 0 Å². The van der Waals surface area contributed by atoms with Crippen molar-refractivity contribution in [2.24, 2.45) is 11.1 Å². The highest BCUT2D eigenvalue weighted by atomic mass is 31.2. The van der Waals surface area contributed by atoms with E-state index in [4.69, 9.17) is 13.9 Å². The fourth-order valence-corrected chi connectivity index (χ4v) is 4.69. The lowest BCUT2D eigenvalue weighted by Crippen LogP contribution is -2.28. The highest BCUT2D eigenvalue weighted by Gasteiger charge is 2.40. The van der Waals surface area contributed by atoms with E-state index < -0.39 is 19.4 Å². The lowest BCUT2D eigenvalue weighted by molar-refractivity contribution is -0.0216. The molecule has 0 bridgehead atoms. The van der Waals surface area contributed by atoms with E-state index in [9.17, 15) is 9.67 Å². The summed E-state index contributed by atoms with van der Waals surface area (Å²) in [5, 5.41) is 14.4. The maximum atomic E-state index is 12.8. The van der Waals surface area contributed by atoms with Gasteiger partial charge in [0.1, 0.15) is 5.66 Å². The zero-order valence-electron chi connectivity index (χ0n) is 16.2. The molecule has 0 aromatic carbocycles. The number of aliphatic hydroxyl groups is 1. The van der Waals surface area contributed by atoms with Crippen LogP contribution in [0.5, 0.6) is 0 Å². The van der Waals surface area contributed by atoms with E-state index in [1.165, 1.54) is 0 Å². The third kappa shape index (κ3) is 6.86. The second-order valence-corrected chi connectivity index (χ2v) is 8.85. The number of hydrogen-bond donors (Lipinski definition) is 1. The average Bonchev–Trinajstić information content (AvgIpc) is 3.04. The molecule has 1 aliphatic heterocycles. The molecule has 1 heterocycles. The number of hydrogen-bond acceptors (Lipinski definition) is 6. The van der Waals surface area contributed by atoms with Crippen molar-refractivity contribution >= 4 is 13.3 Å². The molecular weight excluding hydrogens is 341 g/mol. The number of rotatable bonds is 12. The van der Waals surface area contributed by atoms with Crippen LogP contribution in [0.15, 0.2) is 17.3 Å². The third-order valence-electron chi connectivity index (χ3n) is 4.40. The van der Waals surface area contributed by atoms with E-state index in [0.29, 0.717) is 37.7 Å². The van der Waals surface area contributed by atoms with E-state index in [1.54, 1.807) is 20.8 Å². The Balaban J connectivity index is 2.51. The second-order valence-electron chi connectivity index (χ2n) is 6.48. The highest BCUT2D eigenvalue weighted by Crippen LogP contribution is 2.54. The molecule has 1 N–H and O–H groups in total.